The third-order valence-corrected chi connectivity index (χ3v) is 9.72. The van der Waals surface area contributed by atoms with Crippen LogP contribution in [0.15, 0.2) is 35.3 Å². The molecule has 3 aliphatic rings. The maximum Gasteiger partial charge on any atom is 0.285 e. The minimum absolute atomic E-state index is 0.0209. The van der Waals surface area contributed by atoms with Crippen LogP contribution in [0, 0.1) is 24.6 Å². The lowest BCUT2D eigenvalue weighted by atomic mass is 10.0. The second kappa shape index (κ2) is 10.5. The van der Waals surface area contributed by atoms with Gasteiger partial charge in [-0.3, -0.25) is 18.8 Å². The van der Waals surface area contributed by atoms with Crippen molar-refractivity contribution in [2.75, 3.05) is 29.6 Å². The highest BCUT2D eigenvalue weighted by molar-refractivity contribution is 7.89. The molecule has 15 heteroatoms. The topological polar surface area (TPSA) is 144 Å². The van der Waals surface area contributed by atoms with Gasteiger partial charge in [0.05, 0.1) is 41.1 Å². The maximum atomic E-state index is 14.8. The number of piperidine rings is 1. The Hall–Kier alpha value is -4.04. The molecule has 0 radical (unpaired) electrons. The lowest BCUT2D eigenvalue weighted by molar-refractivity contribution is 0.0977. The summed E-state index contributed by atoms with van der Waals surface area (Å²) < 4.78 is 43.4. The molecule has 2 saturated carbocycles. The summed E-state index contributed by atoms with van der Waals surface area (Å²) in [7, 11) is -2.14. The van der Waals surface area contributed by atoms with E-state index in [0.717, 1.165) is 24.7 Å². The lowest BCUT2D eigenvalue weighted by Crippen LogP contribution is -2.32. The summed E-state index contributed by atoms with van der Waals surface area (Å²) in [4.78, 5) is 37.6. The van der Waals surface area contributed by atoms with Crippen LogP contribution >= 0.6 is 11.6 Å². The van der Waals surface area contributed by atoms with Crippen molar-refractivity contribution in [1.82, 2.24) is 29.0 Å². The number of hydrogen-bond acceptors (Lipinski definition) is 9. The molecule has 1 amide bonds. The van der Waals surface area contributed by atoms with Gasteiger partial charge in [0.25, 0.3) is 11.5 Å². The van der Waals surface area contributed by atoms with E-state index < -0.39 is 22.0 Å². The number of rotatable bonds is 8. The third kappa shape index (κ3) is 5.43. The van der Waals surface area contributed by atoms with Gasteiger partial charge in [-0.15, -0.1) is 0 Å². The Balaban J connectivity index is 1.19. The fourth-order valence-corrected chi connectivity index (χ4v) is 7.22. The van der Waals surface area contributed by atoms with E-state index in [9.17, 15) is 22.4 Å². The van der Waals surface area contributed by atoms with Crippen molar-refractivity contribution < 1.29 is 17.6 Å². The quantitative estimate of drug-likeness (QED) is 0.272. The highest BCUT2D eigenvalue weighted by atomic mass is 35.5. The first kappa shape index (κ1) is 29.7. The van der Waals surface area contributed by atoms with Gasteiger partial charge >= 0.3 is 0 Å². The van der Waals surface area contributed by atoms with Gasteiger partial charge in [0.1, 0.15) is 10.8 Å². The average molecular weight is 655 g/mol. The number of carbonyl (C=O) groups is 1. The molecule has 2 N–H and O–H groups in total. The Morgan fingerprint density at radius 1 is 1.16 bits per heavy atom. The van der Waals surface area contributed by atoms with Crippen LogP contribution in [0.25, 0.3) is 10.9 Å². The number of fused-ring (bicyclic) bond motifs is 2. The van der Waals surface area contributed by atoms with Crippen LogP contribution in [0.4, 0.5) is 16.0 Å². The van der Waals surface area contributed by atoms with Gasteiger partial charge in [-0.05, 0) is 62.3 Å². The Bertz CT molecular complexity index is 2050. The molecule has 3 fully saturated rings. The van der Waals surface area contributed by atoms with Crippen molar-refractivity contribution in [1.29, 1.82) is 0 Å². The predicted octanol–water partition coefficient (Wildman–Crippen LogP) is 3.67. The number of anilines is 2. The molecule has 45 heavy (non-hydrogen) atoms. The highest BCUT2D eigenvalue weighted by Crippen LogP contribution is 2.58. The minimum atomic E-state index is -3.85. The smallest absolute Gasteiger partial charge is 0.285 e. The van der Waals surface area contributed by atoms with Crippen LogP contribution in [0.3, 0.4) is 0 Å². The molecule has 3 aromatic heterocycles. The summed E-state index contributed by atoms with van der Waals surface area (Å²) in [6, 6.07) is 6.60. The number of hydrogen-bond donors (Lipinski definition) is 2. The predicted molar refractivity (Wildman–Crippen MR) is 168 cm³/mol. The summed E-state index contributed by atoms with van der Waals surface area (Å²) in [6.07, 6.45) is 4.48. The van der Waals surface area contributed by atoms with Crippen LogP contribution in [-0.4, -0.2) is 58.0 Å². The Kier molecular flexibility index (Phi) is 6.93. The SMILES string of the molecule is Cc1cc([C@@H](C)Nc2ccc(Cl)nc2C(=O)NS(C)(=O)=O)c2nc(N3C[C@@H]4C(c5nn(C6CC6)cc5F)[C@@H]4C3)n(C)c(=O)c2c1. The number of halogens is 2. The van der Waals surface area contributed by atoms with E-state index in [-0.39, 0.29) is 45.7 Å². The van der Waals surface area contributed by atoms with Gasteiger partial charge in [0.2, 0.25) is 16.0 Å². The summed E-state index contributed by atoms with van der Waals surface area (Å²) >= 11 is 6.03. The number of aromatic nitrogens is 5. The molecule has 1 aliphatic heterocycles. The summed E-state index contributed by atoms with van der Waals surface area (Å²) in [5.41, 5.74) is 2.49. The molecule has 4 aromatic rings. The highest BCUT2D eigenvalue weighted by Gasteiger charge is 2.59. The van der Waals surface area contributed by atoms with Crippen LogP contribution in [0.1, 0.15) is 65.1 Å². The monoisotopic (exact) mass is 654 g/mol. The van der Waals surface area contributed by atoms with Crippen LogP contribution < -0.4 is 20.5 Å². The lowest BCUT2D eigenvalue weighted by Gasteiger charge is -2.25. The minimum Gasteiger partial charge on any atom is -0.377 e. The van der Waals surface area contributed by atoms with Crippen LogP contribution in [0.2, 0.25) is 5.15 Å². The van der Waals surface area contributed by atoms with E-state index in [1.54, 1.807) is 28.4 Å². The summed E-state index contributed by atoms with van der Waals surface area (Å²) in [5, 5.41) is 8.28. The Labute approximate surface area is 263 Å². The van der Waals surface area contributed by atoms with Crippen LogP contribution in [-0.2, 0) is 17.1 Å². The van der Waals surface area contributed by atoms with E-state index >= 15 is 0 Å². The second-order valence-corrected chi connectivity index (χ2v) is 14.6. The van der Waals surface area contributed by atoms with E-state index in [1.165, 1.54) is 12.3 Å². The molecular weight excluding hydrogens is 623 g/mol. The number of carbonyl (C=O) groups excluding carboxylic acids is 1. The fraction of sp³-hybridized carbons (Fsp3) is 0.433. The van der Waals surface area contributed by atoms with Gasteiger partial charge in [0, 0.05) is 31.6 Å². The molecular formula is C30H32ClFN8O4S. The summed E-state index contributed by atoms with van der Waals surface area (Å²) in [6.45, 7) is 5.02. The van der Waals surface area contributed by atoms with Gasteiger partial charge in [-0.2, -0.15) is 5.10 Å². The van der Waals surface area contributed by atoms with Crippen molar-refractivity contribution in [3.8, 4) is 0 Å². The Morgan fingerprint density at radius 3 is 2.53 bits per heavy atom. The van der Waals surface area contributed by atoms with Gasteiger partial charge in [0.15, 0.2) is 11.5 Å². The number of nitrogens with zero attached hydrogens (tertiary/aromatic N) is 6. The number of pyridine rings is 1. The molecule has 1 aromatic carbocycles. The van der Waals surface area contributed by atoms with E-state index in [4.69, 9.17) is 16.6 Å². The standard InChI is InChI=1S/C30H32ClFN8O4S/c1-14-9-17(15(2)33-22-7-8-23(31)34-27(22)28(41)37-45(4,43)44)25-18(10-14)29(42)38(3)30(35-25)39-11-19-20(12-39)24(19)26-21(32)13-40(36-26)16-5-6-16/h7-10,13,15-16,19-20,24,33H,5-6,11-12H2,1-4H3,(H,37,41)/t15-,19-,20+,24?/m1/s1. The normalized spacial score (nSPS) is 21.6. The number of aryl methyl sites for hydroxylation is 1. The molecule has 236 valence electrons. The number of sulfonamides is 1. The molecule has 1 saturated heterocycles. The number of benzene rings is 1. The Morgan fingerprint density at radius 2 is 1.87 bits per heavy atom. The second-order valence-electron chi connectivity index (χ2n) is 12.5. The molecule has 0 spiro atoms. The van der Waals surface area contributed by atoms with Gasteiger partial charge in [-0.1, -0.05) is 17.7 Å². The van der Waals surface area contributed by atoms with Crippen molar-refractivity contribution in [2.45, 2.75) is 44.7 Å². The summed E-state index contributed by atoms with van der Waals surface area (Å²) in [5.74, 6) is -0.0887. The van der Waals surface area contributed by atoms with Crippen molar-refractivity contribution in [3.05, 3.63) is 74.3 Å². The zero-order chi connectivity index (χ0) is 31.9. The molecule has 7 rings (SSSR count). The van der Waals surface area contributed by atoms with E-state index in [0.29, 0.717) is 47.2 Å². The molecule has 12 nitrogen and oxygen atoms in total. The maximum absolute atomic E-state index is 14.8. The first-order valence-electron chi connectivity index (χ1n) is 14.7. The largest absolute Gasteiger partial charge is 0.377 e. The average Bonchev–Trinajstić information content (AvgIpc) is 3.85. The fourth-order valence-electron chi connectivity index (χ4n) is 6.64. The van der Waals surface area contributed by atoms with E-state index in [1.807, 2.05) is 24.6 Å². The van der Waals surface area contributed by atoms with Crippen molar-refractivity contribution in [2.24, 2.45) is 18.9 Å². The van der Waals surface area contributed by atoms with Crippen molar-refractivity contribution >= 4 is 50.1 Å². The third-order valence-electron chi connectivity index (χ3n) is 8.95. The zero-order valence-electron chi connectivity index (χ0n) is 25.1. The molecule has 4 heterocycles. The first-order valence-corrected chi connectivity index (χ1v) is 17.0. The number of nitrogens with one attached hydrogen (secondary N) is 2. The molecule has 4 atom stereocenters. The molecule has 0 bridgehead atoms. The van der Waals surface area contributed by atoms with Gasteiger partial charge < -0.3 is 10.2 Å². The van der Waals surface area contributed by atoms with E-state index in [2.05, 4.69) is 20.3 Å². The van der Waals surface area contributed by atoms with Crippen molar-refractivity contribution in [3.63, 3.8) is 0 Å². The first-order chi connectivity index (χ1) is 21.3. The zero-order valence-corrected chi connectivity index (χ0v) is 26.7. The van der Waals surface area contributed by atoms with Crippen LogP contribution in [0.5, 0.6) is 0 Å². The molecule has 1 unspecified atom stereocenters. The number of amides is 1. The molecule has 2 aliphatic carbocycles. The van der Waals surface area contributed by atoms with Gasteiger partial charge in [-0.25, -0.2) is 27.5 Å².